The number of anilines is 2. The number of hydrogen-bond acceptors (Lipinski definition) is 4. The number of carbonyl (C=O) groups excluding carboxylic acids is 2. The summed E-state index contributed by atoms with van der Waals surface area (Å²) in [7, 11) is 1.61. The van der Waals surface area contributed by atoms with Gasteiger partial charge in [-0.2, -0.15) is 0 Å². The lowest BCUT2D eigenvalue weighted by atomic mass is 9.99. The third kappa shape index (κ3) is 4.38. The predicted molar refractivity (Wildman–Crippen MR) is 124 cm³/mol. The summed E-state index contributed by atoms with van der Waals surface area (Å²) in [5.41, 5.74) is 5.19. The first-order valence-corrected chi connectivity index (χ1v) is 10.9. The van der Waals surface area contributed by atoms with Crippen molar-refractivity contribution in [2.75, 3.05) is 30.1 Å². The molecule has 0 saturated heterocycles. The van der Waals surface area contributed by atoms with Crippen LogP contribution >= 0.6 is 0 Å². The summed E-state index contributed by atoms with van der Waals surface area (Å²) in [6, 6.07) is 9.44. The number of amides is 2. The first-order chi connectivity index (χ1) is 14.8. The van der Waals surface area contributed by atoms with E-state index in [1.807, 2.05) is 45.0 Å². The monoisotopic (exact) mass is 424 g/mol. The van der Waals surface area contributed by atoms with Crippen LogP contribution in [0.25, 0.3) is 0 Å². The minimum Gasteiger partial charge on any atom is -0.497 e. The average molecular weight is 425 g/mol. The number of methoxy groups -OCH3 is 1. The van der Waals surface area contributed by atoms with Crippen molar-refractivity contribution < 1.29 is 19.1 Å². The molecule has 0 aromatic heterocycles. The van der Waals surface area contributed by atoms with Gasteiger partial charge >= 0.3 is 6.09 Å². The van der Waals surface area contributed by atoms with Crippen LogP contribution in [0.4, 0.5) is 16.2 Å². The van der Waals surface area contributed by atoms with E-state index in [9.17, 15) is 9.59 Å². The third-order valence-corrected chi connectivity index (χ3v) is 5.94. The van der Waals surface area contributed by atoms with Gasteiger partial charge in [0.25, 0.3) is 5.91 Å². The van der Waals surface area contributed by atoms with Crippen molar-refractivity contribution in [3.05, 3.63) is 52.6 Å². The molecular formula is C25H32N2O4. The molecule has 3 rings (SSSR count). The maximum absolute atomic E-state index is 13.7. The normalized spacial score (nSPS) is 15.5. The summed E-state index contributed by atoms with van der Waals surface area (Å²) >= 11 is 0. The smallest absolute Gasteiger partial charge is 0.414 e. The Morgan fingerprint density at radius 2 is 1.68 bits per heavy atom. The number of ether oxygens (including phenoxy) is 2. The predicted octanol–water partition coefficient (Wildman–Crippen LogP) is 5.28. The van der Waals surface area contributed by atoms with E-state index in [2.05, 4.69) is 6.92 Å². The third-order valence-electron chi connectivity index (χ3n) is 5.94. The van der Waals surface area contributed by atoms with Crippen LogP contribution in [-0.4, -0.2) is 38.3 Å². The van der Waals surface area contributed by atoms with Gasteiger partial charge in [-0.05, 0) is 80.6 Å². The summed E-state index contributed by atoms with van der Waals surface area (Å²) in [5.74, 6) is 0.570. The summed E-state index contributed by atoms with van der Waals surface area (Å²) < 4.78 is 10.8. The molecule has 1 aliphatic rings. The van der Waals surface area contributed by atoms with Gasteiger partial charge in [-0.1, -0.05) is 13.8 Å². The van der Waals surface area contributed by atoms with E-state index >= 15 is 0 Å². The van der Waals surface area contributed by atoms with E-state index < -0.39 is 0 Å². The summed E-state index contributed by atoms with van der Waals surface area (Å²) in [5, 5.41) is 0. The molecule has 2 aromatic carbocycles. The number of nitrogens with zero attached hydrogens (tertiary/aromatic N) is 2. The summed E-state index contributed by atoms with van der Waals surface area (Å²) in [4.78, 5) is 30.0. The van der Waals surface area contributed by atoms with E-state index in [0.29, 0.717) is 36.6 Å². The fourth-order valence-electron chi connectivity index (χ4n) is 3.99. The van der Waals surface area contributed by atoms with Crippen molar-refractivity contribution in [2.45, 2.75) is 53.5 Å². The lowest BCUT2D eigenvalue weighted by Crippen LogP contribution is -2.53. The Hall–Kier alpha value is -3.02. The minimum absolute atomic E-state index is 0.0972. The van der Waals surface area contributed by atoms with Crippen molar-refractivity contribution >= 4 is 23.4 Å². The van der Waals surface area contributed by atoms with Crippen molar-refractivity contribution in [3.8, 4) is 5.75 Å². The van der Waals surface area contributed by atoms with Crippen LogP contribution in [0.5, 0.6) is 5.75 Å². The second-order valence-electron chi connectivity index (χ2n) is 7.90. The van der Waals surface area contributed by atoms with Crippen LogP contribution in [0.2, 0.25) is 0 Å². The molecule has 1 unspecified atom stereocenters. The minimum atomic E-state index is -0.374. The second-order valence-corrected chi connectivity index (χ2v) is 7.90. The van der Waals surface area contributed by atoms with Gasteiger partial charge in [0.2, 0.25) is 0 Å². The van der Waals surface area contributed by atoms with Gasteiger partial charge in [0.05, 0.1) is 31.1 Å². The Balaban J connectivity index is 2.13. The Bertz CT molecular complexity index is 963. The van der Waals surface area contributed by atoms with Crippen molar-refractivity contribution in [3.63, 3.8) is 0 Å². The number of hydrogen-bond donors (Lipinski definition) is 0. The van der Waals surface area contributed by atoms with Gasteiger partial charge in [0, 0.05) is 12.1 Å². The topological polar surface area (TPSA) is 59.1 Å². The zero-order valence-electron chi connectivity index (χ0n) is 19.3. The molecule has 2 aromatic rings. The van der Waals surface area contributed by atoms with Gasteiger partial charge < -0.3 is 14.4 Å². The Kier molecular flexibility index (Phi) is 6.88. The van der Waals surface area contributed by atoms with Gasteiger partial charge in [-0.15, -0.1) is 0 Å². The Labute approximate surface area is 184 Å². The van der Waals surface area contributed by atoms with Gasteiger partial charge in [0.15, 0.2) is 0 Å². The molecule has 1 aliphatic heterocycles. The maximum atomic E-state index is 13.7. The molecular weight excluding hydrogens is 392 g/mol. The highest BCUT2D eigenvalue weighted by molar-refractivity contribution is 6.10. The van der Waals surface area contributed by atoms with E-state index in [0.717, 1.165) is 28.8 Å². The Morgan fingerprint density at radius 1 is 1.00 bits per heavy atom. The molecule has 2 amide bonds. The molecule has 1 atom stereocenters. The average Bonchev–Trinajstić information content (AvgIpc) is 2.78. The zero-order valence-corrected chi connectivity index (χ0v) is 19.3. The van der Waals surface area contributed by atoms with Crippen molar-refractivity contribution in [2.24, 2.45) is 0 Å². The highest BCUT2D eigenvalue weighted by Gasteiger charge is 2.37. The molecule has 166 valence electrons. The molecule has 0 bridgehead atoms. The maximum Gasteiger partial charge on any atom is 0.414 e. The fraction of sp³-hybridized carbons (Fsp3) is 0.440. The standard InChI is InChI=1S/C25H32N2O4/c1-7-18-12-19(14-21(13-18)30-6)24(28)26-15-20(8-2)27(25(29)31-9-3)23-11-17(5)16(4)10-22(23)26/h10-14,20H,7-9,15H2,1-6H3. The number of benzene rings is 2. The SMILES string of the molecule is CCOC(=O)N1c2cc(C)c(C)cc2N(C(=O)c2cc(CC)cc(OC)c2)CC1CC. The largest absolute Gasteiger partial charge is 0.497 e. The molecule has 0 radical (unpaired) electrons. The van der Waals surface area contributed by atoms with E-state index in [1.165, 1.54) is 0 Å². The fourth-order valence-corrected chi connectivity index (χ4v) is 3.99. The summed E-state index contributed by atoms with van der Waals surface area (Å²) in [6.45, 7) is 10.6. The number of rotatable bonds is 5. The number of carbonyl (C=O) groups is 2. The molecule has 31 heavy (non-hydrogen) atoms. The molecule has 0 spiro atoms. The molecule has 6 heteroatoms. The molecule has 0 N–H and O–H groups in total. The quantitative estimate of drug-likeness (QED) is 0.656. The van der Waals surface area contributed by atoms with E-state index in [1.54, 1.807) is 29.9 Å². The molecule has 0 saturated carbocycles. The van der Waals surface area contributed by atoms with Crippen LogP contribution in [0.15, 0.2) is 30.3 Å². The van der Waals surface area contributed by atoms with Crippen LogP contribution in [-0.2, 0) is 11.2 Å². The van der Waals surface area contributed by atoms with Crippen LogP contribution in [0.3, 0.4) is 0 Å². The first-order valence-electron chi connectivity index (χ1n) is 10.9. The van der Waals surface area contributed by atoms with E-state index in [4.69, 9.17) is 9.47 Å². The molecule has 1 heterocycles. The molecule has 0 aliphatic carbocycles. The summed E-state index contributed by atoms with van der Waals surface area (Å²) in [6.07, 6.45) is 1.13. The number of fused-ring (bicyclic) bond motifs is 1. The molecule has 6 nitrogen and oxygen atoms in total. The van der Waals surface area contributed by atoms with Crippen LogP contribution < -0.4 is 14.5 Å². The first kappa shape index (κ1) is 22.7. The van der Waals surface area contributed by atoms with Crippen LogP contribution in [0, 0.1) is 13.8 Å². The van der Waals surface area contributed by atoms with Gasteiger partial charge in [-0.25, -0.2) is 4.79 Å². The van der Waals surface area contributed by atoms with Crippen molar-refractivity contribution in [1.29, 1.82) is 0 Å². The highest BCUT2D eigenvalue weighted by atomic mass is 16.6. The number of aryl methyl sites for hydroxylation is 3. The van der Waals surface area contributed by atoms with E-state index in [-0.39, 0.29) is 18.0 Å². The van der Waals surface area contributed by atoms with Crippen molar-refractivity contribution in [1.82, 2.24) is 0 Å². The lowest BCUT2D eigenvalue weighted by Gasteiger charge is -2.42. The Morgan fingerprint density at radius 3 is 2.26 bits per heavy atom. The molecule has 0 fully saturated rings. The van der Waals surface area contributed by atoms with Crippen LogP contribution in [0.1, 0.15) is 54.2 Å². The lowest BCUT2D eigenvalue weighted by molar-refractivity contribution is 0.0981. The zero-order chi connectivity index (χ0) is 22.7. The van der Waals surface area contributed by atoms with Gasteiger partial charge in [0.1, 0.15) is 5.75 Å². The second kappa shape index (κ2) is 9.41. The highest BCUT2D eigenvalue weighted by Crippen LogP contribution is 2.40. The van der Waals surface area contributed by atoms with Gasteiger partial charge in [-0.3, -0.25) is 9.69 Å².